The van der Waals surface area contributed by atoms with Gasteiger partial charge in [0, 0.05) is 13.5 Å². The first-order valence-corrected chi connectivity index (χ1v) is 11.0. The predicted molar refractivity (Wildman–Crippen MR) is 128 cm³/mol. The molecule has 158 valence electrons. The number of hydrazone groups is 1. The second-order valence-electron chi connectivity index (χ2n) is 7.51. The van der Waals surface area contributed by atoms with Crippen molar-refractivity contribution in [1.29, 1.82) is 0 Å². The number of rotatable bonds is 6. The third kappa shape index (κ3) is 4.46. The summed E-state index contributed by atoms with van der Waals surface area (Å²) in [6, 6.07) is 23.9. The number of benzene rings is 3. The number of hydrogen-bond donors (Lipinski definition) is 0. The highest BCUT2D eigenvalue weighted by Crippen LogP contribution is 2.39. The average molecular weight is 452 g/mol. The summed E-state index contributed by atoms with van der Waals surface area (Å²) in [5.41, 5.74) is 4.17. The molecule has 0 bridgehead atoms. The fourth-order valence-corrected chi connectivity index (χ4v) is 4.04. The van der Waals surface area contributed by atoms with Gasteiger partial charge in [0.2, 0.25) is 0 Å². The standard InChI is InChI=1S/C25H23Cl2N3O/c1-3-18-9-11-20(12-10-18)25-29(16-19-7-5-4-6-8-19)24(17(2)31)28-30(25)21-13-14-22(26)23(27)15-21/h4-15,25H,3,16H2,1-2H3/t25-/m1/s1. The Morgan fingerprint density at radius 1 is 0.935 bits per heavy atom. The van der Waals surface area contributed by atoms with Crippen LogP contribution in [0.4, 0.5) is 5.69 Å². The number of Topliss-reactive ketones (excluding diaryl/α,β-unsaturated/α-hetero) is 1. The van der Waals surface area contributed by atoms with Gasteiger partial charge in [-0.2, -0.15) is 0 Å². The Bertz CT molecular complexity index is 1110. The van der Waals surface area contributed by atoms with E-state index in [1.54, 1.807) is 19.1 Å². The highest BCUT2D eigenvalue weighted by molar-refractivity contribution is 6.42. The molecular formula is C25H23Cl2N3O. The second kappa shape index (κ2) is 9.13. The summed E-state index contributed by atoms with van der Waals surface area (Å²) in [5, 5.41) is 7.50. The number of hydrogen-bond acceptors (Lipinski definition) is 4. The first-order valence-electron chi connectivity index (χ1n) is 10.2. The highest BCUT2D eigenvalue weighted by Gasteiger charge is 2.38. The molecule has 4 rings (SSSR count). The van der Waals surface area contributed by atoms with Crippen molar-refractivity contribution in [1.82, 2.24) is 4.90 Å². The highest BCUT2D eigenvalue weighted by atomic mass is 35.5. The van der Waals surface area contributed by atoms with Crippen LogP contribution in [-0.2, 0) is 17.8 Å². The lowest BCUT2D eigenvalue weighted by atomic mass is 10.1. The summed E-state index contributed by atoms with van der Waals surface area (Å²) >= 11 is 12.4. The normalized spacial score (nSPS) is 15.9. The molecule has 3 aromatic rings. The zero-order valence-electron chi connectivity index (χ0n) is 17.4. The fourth-order valence-electron chi connectivity index (χ4n) is 3.75. The quantitative estimate of drug-likeness (QED) is 0.430. The van der Waals surface area contributed by atoms with Crippen LogP contribution in [0.5, 0.6) is 0 Å². The molecule has 0 spiro atoms. The SMILES string of the molecule is CCc1ccc([C@@H]2N(Cc3ccccc3)C(C(C)=O)=NN2c2ccc(Cl)c(Cl)c2)cc1. The Kier molecular flexibility index (Phi) is 6.30. The first-order chi connectivity index (χ1) is 15.0. The van der Waals surface area contributed by atoms with Crippen molar-refractivity contribution in [3.05, 3.63) is 99.5 Å². The van der Waals surface area contributed by atoms with E-state index in [9.17, 15) is 4.79 Å². The number of anilines is 1. The molecule has 0 saturated carbocycles. The van der Waals surface area contributed by atoms with Crippen LogP contribution in [0.15, 0.2) is 77.9 Å². The van der Waals surface area contributed by atoms with Crippen molar-refractivity contribution in [3.8, 4) is 0 Å². The molecule has 1 aliphatic heterocycles. The molecule has 0 aromatic heterocycles. The summed E-state index contributed by atoms with van der Waals surface area (Å²) in [7, 11) is 0. The zero-order valence-corrected chi connectivity index (χ0v) is 18.9. The molecule has 0 radical (unpaired) electrons. The van der Waals surface area contributed by atoms with Crippen molar-refractivity contribution in [3.63, 3.8) is 0 Å². The van der Waals surface area contributed by atoms with Gasteiger partial charge in [-0.15, -0.1) is 5.10 Å². The monoisotopic (exact) mass is 451 g/mol. The third-order valence-corrected chi connectivity index (χ3v) is 6.10. The van der Waals surface area contributed by atoms with E-state index >= 15 is 0 Å². The van der Waals surface area contributed by atoms with E-state index in [0.29, 0.717) is 22.4 Å². The Morgan fingerprint density at radius 2 is 1.65 bits per heavy atom. The molecule has 6 heteroatoms. The van der Waals surface area contributed by atoms with Crippen molar-refractivity contribution < 1.29 is 4.79 Å². The average Bonchev–Trinajstić information content (AvgIpc) is 3.16. The number of halogens is 2. The number of amidine groups is 1. The van der Waals surface area contributed by atoms with Gasteiger partial charge in [0.15, 0.2) is 17.8 Å². The first kappa shape index (κ1) is 21.4. The molecule has 31 heavy (non-hydrogen) atoms. The molecule has 4 nitrogen and oxygen atoms in total. The Hall–Kier alpha value is -2.82. The van der Waals surface area contributed by atoms with Gasteiger partial charge in [-0.3, -0.25) is 4.79 Å². The van der Waals surface area contributed by atoms with Crippen LogP contribution in [0.2, 0.25) is 10.0 Å². The van der Waals surface area contributed by atoms with Gasteiger partial charge in [-0.05, 0) is 41.3 Å². The molecule has 1 atom stereocenters. The number of aryl methyl sites for hydroxylation is 1. The van der Waals surface area contributed by atoms with Crippen LogP contribution in [-0.4, -0.2) is 16.5 Å². The molecule has 0 amide bonds. The molecule has 0 saturated heterocycles. The van der Waals surface area contributed by atoms with E-state index in [-0.39, 0.29) is 11.9 Å². The van der Waals surface area contributed by atoms with Crippen molar-refractivity contribution >= 4 is 40.5 Å². The molecule has 0 aliphatic carbocycles. The molecule has 3 aromatic carbocycles. The number of ketones is 1. The summed E-state index contributed by atoms with van der Waals surface area (Å²) in [6.45, 7) is 4.23. The van der Waals surface area contributed by atoms with Gasteiger partial charge in [-0.1, -0.05) is 84.7 Å². The van der Waals surface area contributed by atoms with Crippen LogP contribution < -0.4 is 5.01 Å². The number of carbonyl (C=O) groups excluding carboxylic acids is 1. The van der Waals surface area contributed by atoms with E-state index < -0.39 is 0 Å². The molecule has 0 unspecified atom stereocenters. The van der Waals surface area contributed by atoms with Gasteiger partial charge in [0.25, 0.3) is 0 Å². The molecule has 0 fully saturated rings. The third-order valence-electron chi connectivity index (χ3n) is 5.37. The van der Waals surface area contributed by atoms with Crippen molar-refractivity contribution in [2.75, 3.05) is 5.01 Å². The molecule has 0 N–H and O–H groups in total. The molecule has 1 heterocycles. The van der Waals surface area contributed by atoms with Crippen LogP contribution in [0.25, 0.3) is 0 Å². The van der Waals surface area contributed by atoms with E-state index in [0.717, 1.165) is 23.2 Å². The van der Waals surface area contributed by atoms with Gasteiger partial charge in [0.1, 0.15) is 0 Å². The molecule has 1 aliphatic rings. The summed E-state index contributed by atoms with van der Waals surface area (Å²) in [5.74, 6) is 0.327. The lowest BCUT2D eigenvalue weighted by Crippen LogP contribution is -2.37. The van der Waals surface area contributed by atoms with E-state index in [2.05, 4.69) is 43.3 Å². The number of carbonyl (C=O) groups is 1. The minimum absolute atomic E-state index is 0.0892. The van der Waals surface area contributed by atoms with Crippen LogP contribution in [0.3, 0.4) is 0 Å². The lowest BCUT2D eigenvalue weighted by molar-refractivity contribution is -0.111. The minimum atomic E-state index is -0.290. The van der Waals surface area contributed by atoms with Crippen molar-refractivity contribution in [2.24, 2.45) is 5.10 Å². The summed E-state index contributed by atoms with van der Waals surface area (Å²) < 4.78 is 0. The van der Waals surface area contributed by atoms with E-state index in [4.69, 9.17) is 28.3 Å². The van der Waals surface area contributed by atoms with E-state index in [1.165, 1.54) is 5.56 Å². The summed E-state index contributed by atoms with van der Waals surface area (Å²) in [6.07, 6.45) is 0.673. The van der Waals surface area contributed by atoms with E-state index in [1.807, 2.05) is 34.2 Å². The maximum absolute atomic E-state index is 12.6. The smallest absolute Gasteiger partial charge is 0.196 e. The van der Waals surface area contributed by atoms with Crippen LogP contribution in [0, 0.1) is 0 Å². The van der Waals surface area contributed by atoms with Gasteiger partial charge < -0.3 is 4.90 Å². The zero-order chi connectivity index (χ0) is 22.0. The van der Waals surface area contributed by atoms with Gasteiger partial charge in [-0.25, -0.2) is 5.01 Å². The van der Waals surface area contributed by atoms with Crippen LogP contribution in [0.1, 0.15) is 36.7 Å². The fraction of sp³-hybridized carbons (Fsp3) is 0.200. The number of nitrogens with zero attached hydrogens (tertiary/aromatic N) is 3. The maximum atomic E-state index is 12.6. The Morgan fingerprint density at radius 3 is 2.26 bits per heavy atom. The maximum Gasteiger partial charge on any atom is 0.196 e. The van der Waals surface area contributed by atoms with Crippen LogP contribution >= 0.6 is 23.2 Å². The molecular weight excluding hydrogens is 429 g/mol. The van der Waals surface area contributed by atoms with Gasteiger partial charge in [0.05, 0.1) is 15.7 Å². The second-order valence-corrected chi connectivity index (χ2v) is 8.32. The topological polar surface area (TPSA) is 35.9 Å². The largest absolute Gasteiger partial charge is 0.322 e. The predicted octanol–water partition coefficient (Wildman–Crippen LogP) is 6.48. The summed E-state index contributed by atoms with van der Waals surface area (Å²) in [4.78, 5) is 14.6. The van der Waals surface area contributed by atoms with Crippen molar-refractivity contribution in [2.45, 2.75) is 33.0 Å². The lowest BCUT2D eigenvalue weighted by Gasteiger charge is -2.32. The Balaban J connectivity index is 1.82. The minimum Gasteiger partial charge on any atom is -0.322 e. The van der Waals surface area contributed by atoms with Gasteiger partial charge >= 0.3 is 0 Å². The Labute approximate surface area is 192 Å².